The maximum absolute atomic E-state index is 12.7. The molecule has 1 aliphatic rings. The highest BCUT2D eigenvalue weighted by Gasteiger charge is 2.30. The van der Waals surface area contributed by atoms with E-state index in [0.29, 0.717) is 24.2 Å². The van der Waals surface area contributed by atoms with Crippen molar-refractivity contribution in [3.8, 4) is 0 Å². The van der Waals surface area contributed by atoms with Gasteiger partial charge in [0.15, 0.2) is 5.96 Å². The first-order valence-electron chi connectivity index (χ1n) is 8.43. The van der Waals surface area contributed by atoms with Gasteiger partial charge in [-0.1, -0.05) is 24.3 Å². The number of amides is 1. The fraction of sp³-hybridized carbons (Fsp3) is 0.263. The van der Waals surface area contributed by atoms with Crippen LogP contribution in [0.25, 0.3) is 0 Å². The van der Waals surface area contributed by atoms with E-state index in [1.54, 1.807) is 12.1 Å². The van der Waals surface area contributed by atoms with E-state index in [0.717, 1.165) is 29.7 Å². The van der Waals surface area contributed by atoms with Crippen molar-refractivity contribution < 1.29 is 18.0 Å². The van der Waals surface area contributed by atoms with Gasteiger partial charge in [-0.25, -0.2) is 4.99 Å². The number of nitrogens with two attached hydrogens (primary N) is 1. The summed E-state index contributed by atoms with van der Waals surface area (Å²) in [5.41, 5.74) is 8.02. The molecule has 9 heteroatoms. The zero-order valence-electron chi connectivity index (χ0n) is 14.8. The molecule has 0 radical (unpaired) electrons. The van der Waals surface area contributed by atoms with Gasteiger partial charge in [0.25, 0.3) is 5.91 Å². The second-order valence-corrected chi connectivity index (χ2v) is 6.25. The molecule has 0 saturated heterocycles. The van der Waals surface area contributed by atoms with Crippen molar-refractivity contribution in [2.45, 2.75) is 25.7 Å². The molecule has 3 rings (SSSR count). The summed E-state index contributed by atoms with van der Waals surface area (Å²) < 4.78 is 38.2. The summed E-state index contributed by atoms with van der Waals surface area (Å²) in [6, 6.07) is 10.6. The lowest BCUT2D eigenvalue weighted by atomic mass is 9.98. The van der Waals surface area contributed by atoms with E-state index < -0.39 is 11.7 Å². The standard InChI is InChI=1S/C19H19F3N4O.HI/c20-19(21,22)15-3-1-2-12(8-15)10-25-18(23)26-11-13-4-5-14-6-7-24-17(27)16(14)9-13;/h1-5,8-9H,6-7,10-11H2,(H,24,27)(H3,23,25,26);1H. The summed E-state index contributed by atoms with van der Waals surface area (Å²) in [7, 11) is 0. The first-order chi connectivity index (χ1) is 12.8. The molecule has 1 amide bonds. The second-order valence-electron chi connectivity index (χ2n) is 6.25. The number of halogens is 4. The van der Waals surface area contributed by atoms with Gasteiger partial charge in [-0.15, -0.1) is 24.0 Å². The van der Waals surface area contributed by atoms with Crippen molar-refractivity contribution in [3.05, 3.63) is 70.3 Å². The number of carbonyl (C=O) groups excluding carboxylic acids is 1. The molecular formula is C19H20F3IN4O. The molecule has 0 atom stereocenters. The van der Waals surface area contributed by atoms with Crippen LogP contribution in [-0.4, -0.2) is 18.4 Å². The van der Waals surface area contributed by atoms with Gasteiger partial charge in [0.2, 0.25) is 0 Å². The average molecular weight is 504 g/mol. The predicted molar refractivity (Wildman–Crippen MR) is 112 cm³/mol. The number of nitrogens with zero attached hydrogens (tertiary/aromatic N) is 1. The molecule has 2 aromatic rings. The summed E-state index contributed by atoms with van der Waals surface area (Å²) in [4.78, 5) is 15.9. The van der Waals surface area contributed by atoms with Gasteiger partial charge in [0.1, 0.15) is 0 Å². The lowest BCUT2D eigenvalue weighted by Gasteiger charge is -2.17. The molecule has 0 spiro atoms. The Morgan fingerprint density at radius 1 is 1.18 bits per heavy atom. The largest absolute Gasteiger partial charge is 0.416 e. The summed E-state index contributed by atoms with van der Waals surface area (Å²) in [6.45, 7) is 1.03. The minimum Gasteiger partial charge on any atom is -0.370 e. The molecule has 150 valence electrons. The highest BCUT2D eigenvalue weighted by molar-refractivity contribution is 14.0. The molecule has 1 aliphatic heterocycles. The minimum atomic E-state index is -4.39. The van der Waals surface area contributed by atoms with Crippen molar-refractivity contribution in [3.63, 3.8) is 0 Å². The predicted octanol–water partition coefficient (Wildman–Crippen LogP) is 3.21. The number of nitrogens with one attached hydrogen (secondary N) is 2. The van der Waals surface area contributed by atoms with Crippen LogP contribution < -0.4 is 16.4 Å². The lowest BCUT2D eigenvalue weighted by Crippen LogP contribution is -2.33. The van der Waals surface area contributed by atoms with E-state index in [2.05, 4.69) is 15.6 Å². The van der Waals surface area contributed by atoms with Crippen molar-refractivity contribution >= 4 is 35.8 Å². The Morgan fingerprint density at radius 2 is 1.96 bits per heavy atom. The summed E-state index contributed by atoms with van der Waals surface area (Å²) >= 11 is 0. The maximum Gasteiger partial charge on any atom is 0.416 e. The van der Waals surface area contributed by atoms with Crippen molar-refractivity contribution in [2.75, 3.05) is 6.54 Å². The third kappa shape index (κ3) is 5.60. The lowest BCUT2D eigenvalue weighted by molar-refractivity contribution is -0.137. The molecule has 0 unspecified atom stereocenters. The SMILES string of the molecule is I.NC(=NCc1cccc(C(F)(F)F)c1)NCc1ccc2c(c1)C(=O)NCC2. The first kappa shape index (κ1) is 22.0. The molecule has 0 aromatic heterocycles. The van der Waals surface area contributed by atoms with E-state index in [4.69, 9.17) is 5.73 Å². The van der Waals surface area contributed by atoms with Gasteiger partial charge in [-0.3, -0.25) is 4.79 Å². The molecule has 0 saturated carbocycles. The van der Waals surface area contributed by atoms with Crippen LogP contribution in [0.4, 0.5) is 13.2 Å². The molecule has 0 bridgehead atoms. The number of hydrogen-bond donors (Lipinski definition) is 3. The Hall–Kier alpha value is -2.30. The highest BCUT2D eigenvalue weighted by atomic mass is 127. The van der Waals surface area contributed by atoms with Gasteiger partial charge < -0.3 is 16.4 Å². The van der Waals surface area contributed by atoms with Crippen molar-refractivity contribution in [2.24, 2.45) is 10.7 Å². The van der Waals surface area contributed by atoms with Gasteiger partial charge in [0, 0.05) is 18.7 Å². The van der Waals surface area contributed by atoms with Crippen LogP contribution in [0, 0.1) is 0 Å². The van der Waals surface area contributed by atoms with E-state index in [1.807, 2.05) is 12.1 Å². The van der Waals surface area contributed by atoms with Crippen LogP contribution in [0.3, 0.4) is 0 Å². The number of alkyl halides is 3. The fourth-order valence-corrected chi connectivity index (χ4v) is 2.84. The number of hydrogen-bond acceptors (Lipinski definition) is 2. The number of benzene rings is 2. The van der Waals surface area contributed by atoms with E-state index in [1.165, 1.54) is 6.07 Å². The normalized spacial score (nSPS) is 14.0. The molecular weight excluding hydrogens is 484 g/mol. The molecule has 5 nitrogen and oxygen atoms in total. The quantitative estimate of drug-likeness (QED) is 0.340. The molecule has 1 heterocycles. The van der Waals surface area contributed by atoms with Gasteiger partial charge in [-0.2, -0.15) is 13.2 Å². The van der Waals surface area contributed by atoms with Crippen LogP contribution in [0.2, 0.25) is 0 Å². The van der Waals surface area contributed by atoms with Crippen LogP contribution in [0.1, 0.15) is 32.6 Å². The van der Waals surface area contributed by atoms with E-state index in [-0.39, 0.29) is 42.4 Å². The Morgan fingerprint density at radius 3 is 2.71 bits per heavy atom. The number of guanidine groups is 1. The van der Waals surface area contributed by atoms with E-state index >= 15 is 0 Å². The summed E-state index contributed by atoms with van der Waals surface area (Å²) in [5.74, 6) is 0.0267. The van der Waals surface area contributed by atoms with Crippen LogP contribution in [0.15, 0.2) is 47.5 Å². The zero-order valence-corrected chi connectivity index (χ0v) is 17.2. The number of rotatable bonds is 4. The minimum absolute atomic E-state index is 0. The van der Waals surface area contributed by atoms with E-state index in [9.17, 15) is 18.0 Å². The first-order valence-corrected chi connectivity index (χ1v) is 8.43. The second kappa shape index (κ2) is 9.26. The smallest absolute Gasteiger partial charge is 0.370 e. The molecule has 4 N–H and O–H groups in total. The monoisotopic (exact) mass is 504 g/mol. The third-order valence-electron chi connectivity index (χ3n) is 4.26. The van der Waals surface area contributed by atoms with Crippen LogP contribution in [-0.2, 0) is 25.7 Å². The molecule has 0 aliphatic carbocycles. The van der Waals surface area contributed by atoms with Crippen LogP contribution in [0.5, 0.6) is 0 Å². The number of carbonyl (C=O) groups is 1. The maximum atomic E-state index is 12.7. The highest BCUT2D eigenvalue weighted by Crippen LogP contribution is 2.29. The topological polar surface area (TPSA) is 79.5 Å². The van der Waals surface area contributed by atoms with Crippen molar-refractivity contribution in [1.82, 2.24) is 10.6 Å². The zero-order chi connectivity index (χ0) is 19.4. The van der Waals surface area contributed by atoms with Crippen molar-refractivity contribution in [1.29, 1.82) is 0 Å². The number of aliphatic imine (C=N–C) groups is 1. The average Bonchev–Trinajstić information content (AvgIpc) is 2.65. The third-order valence-corrected chi connectivity index (χ3v) is 4.26. The molecule has 28 heavy (non-hydrogen) atoms. The number of fused-ring (bicyclic) bond motifs is 1. The molecule has 0 fully saturated rings. The van der Waals surface area contributed by atoms with Gasteiger partial charge in [-0.05, 0) is 41.3 Å². The Kier molecular flexibility index (Phi) is 7.28. The fourth-order valence-electron chi connectivity index (χ4n) is 2.84. The van der Waals surface area contributed by atoms with Gasteiger partial charge >= 0.3 is 6.18 Å². The summed E-state index contributed by atoms with van der Waals surface area (Å²) in [5, 5.41) is 5.71. The molecule has 2 aromatic carbocycles. The Bertz CT molecular complexity index is 884. The van der Waals surface area contributed by atoms with Gasteiger partial charge in [0.05, 0.1) is 12.1 Å². The Labute approximate surface area is 177 Å². The Balaban J connectivity index is 0.00000280. The van der Waals surface area contributed by atoms with Crippen LogP contribution >= 0.6 is 24.0 Å². The summed E-state index contributed by atoms with van der Waals surface area (Å²) in [6.07, 6.45) is -3.59.